The zero-order valence-electron chi connectivity index (χ0n) is 26.3. The Labute approximate surface area is 256 Å². The fraction of sp³-hybridized carbons (Fsp3) is 0.684. The SMILES string of the molecule is CCC1CCC([C@H]2CCCN2[C@H](CO)c2ccccc2)CC1.c1ccc(COCC2CCC([C@H]3CCCN3)CC2)cc1. The van der Waals surface area contributed by atoms with Crippen molar-refractivity contribution in [2.24, 2.45) is 23.7 Å². The summed E-state index contributed by atoms with van der Waals surface area (Å²) in [5.74, 6) is 3.54. The van der Waals surface area contributed by atoms with Gasteiger partial charge in [0.1, 0.15) is 0 Å². The number of benzene rings is 2. The van der Waals surface area contributed by atoms with E-state index in [0.717, 1.165) is 49.5 Å². The number of nitrogens with zero attached hydrogens (tertiary/aromatic N) is 1. The molecule has 2 saturated carbocycles. The number of aliphatic hydroxyl groups excluding tert-OH is 1. The molecule has 0 radical (unpaired) electrons. The predicted molar refractivity (Wildman–Crippen MR) is 174 cm³/mol. The highest BCUT2D eigenvalue weighted by molar-refractivity contribution is 5.20. The van der Waals surface area contributed by atoms with Gasteiger partial charge in [-0.1, -0.05) is 86.8 Å². The lowest BCUT2D eigenvalue weighted by atomic mass is 9.77. The smallest absolute Gasteiger partial charge is 0.0717 e. The van der Waals surface area contributed by atoms with Crippen LogP contribution in [0.25, 0.3) is 0 Å². The molecule has 4 nitrogen and oxygen atoms in total. The summed E-state index contributed by atoms with van der Waals surface area (Å²) in [6, 6.07) is 22.8. The molecule has 4 heteroatoms. The minimum atomic E-state index is 0.192. The van der Waals surface area contributed by atoms with Crippen molar-refractivity contribution in [2.45, 2.75) is 115 Å². The Hall–Kier alpha value is -1.72. The van der Waals surface area contributed by atoms with Gasteiger partial charge >= 0.3 is 0 Å². The Balaban J connectivity index is 0.000000169. The molecule has 0 bridgehead atoms. The molecule has 3 atom stereocenters. The van der Waals surface area contributed by atoms with Gasteiger partial charge in [-0.05, 0) is 112 Å². The van der Waals surface area contributed by atoms with Gasteiger partial charge in [0.2, 0.25) is 0 Å². The Morgan fingerprint density at radius 2 is 1.45 bits per heavy atom. The molecule has 0 unspecified atom stereocenters. The van der Waals surface area contributed by atoms with Gasteiger partial charge in [0.15, 0.2) is 0 Å². The fourth-order valence-electron chi connectivity index (χ4n) is 8.56. The van der Waals surface area contributed by atoms with Gasteiger partial charge in [-0.2, -0.15) is 0 Å². The zero-order valence-corrected chi connectivity index (χ0v) is 26.3. The summed E-state index contributed by atoms with van der Waals surface area (Å²) >= 11 is 0. The van der Waals surface area contributed by atoms with E-state index in [2.05, 4.69) is 77.8 Å². The van der Waals surface area contributed by atoms with Gasteiger partial charge in [-0.25, -0.2) is 0 Å². The van der Waals surface area contributed by atoms with Gasteiger partial charge < -0.3 is 15.2 Å². The molecule has 2 aromatic carbocycles. The monoisotopic (exact) mass is 574 g/mol. The average Bonchev–Trinajstić information content (AvgIpc) is 3.77. The molecule has 232 valence electrons. The molecule has 2 saturated heterocycles. The molecule has 42 heavy (non-hydrogen) atoms. The first-order valence-electron chi connectivity index (χ1n) is 17.5. The van der Waals surface area contributed by atoms with Crippen molar-refractivity contribution in [1.82, 2.24) is 10.2 Å². The number of nitrogens with one attached hydrogen (secondary N) is 1. The van der Waals surface area contributed by atoms with Gasteiger partial charge in [-0.3, -0.25) is 4.90 Å². The average molecular weight is 575 g/mol. The second kappa shape index (κ2) is 16.9. The molecule has 0 spiro atoms. The van der Waals surface area contributed by atoms with Gasteiger partial charge in [0.25, 0.3) is 0 Å². The van der Waals surface area contributed by atoms with Crippen LogP contribution >= 0.6 is 0 Å². The number of rotatable bonds is 10. The third-order valence-corrected chi connectivity index (χ3v) is 11.1. The van der Waals surface area contributed by atoms with Crippen LogP contribution in [0.4, 0.5) is 0 Å². The summed E-state index contributed by atoms with van der Waals surface area (Å²) in [5, 5.41) is 13.7. The molecule has 2 N–H and O–H groups in total. The lowest BCUT2D eigenvalue weighted by Crippen LogP contribution is -2.41. The van der Waals surface area contributed by atoms with Crippen LogP contribution in [-0.2, 0) is 11.3 Å². The summed E-state index contributed by atoms with van der Waals surface area (Å²) in [6.07, 6.45) is 17.9. The van der Waals surface area contributed by atoms with Crippen LogP contribution in [0.2, 0.25) is 0 Å². The zero-order chi connectivity index (χ0) is 29.0. The molecule has 2 aliphatic heterocycles. The number of aliphatic hydroxyl groups is 1. The Kier molecular flexibility index (Phi) is 12.8. The number of ether oxygens (including phenoxy) is 1. The van der Waals surface area contributed by atoms with E-state index in [4.69, 9.17) is 4.74 Å². The first-order valence-corrected chi connectivity index (χ1v) is 17.5. The fourth-order valence-corrected chi connectivity index (χ4v) is 8.56. The Bertz CT molecular complexity index is 979. The van der Waals surface area contributed by atoms with Gasteiger partial charge in [0.05, 0.1) is 19.3 Å². The normalized spacial score (nSPS) is 30.9. The molecule has 2 heterocycles. The predicted octanol–water partition coefficient (Wildman–Crippen LogP) is 8.16. The van der Waals surface area contributed by atoms with E-state index in [1.54, 1.807) is 0 Å². The van der Waals surface area contributed by atoms with Crippen LogP contribution in [0, 0.1) is 23.7 Å². The second-order valence-electron chi connectivity index (χ2n) is 13.7. The molecular weight excluding hydrogens is 516 g/mol. The first-order chi connectivity index (χ1) is 20.7. The maximum Gasteiger partial charge on any atom is 0.0717 e. The van der Waals surface area contributed by atoms with Crippen molar-refractivity contribution >= 4 is 0 Å². The van der Waals surface area contributed by atoms with Crippen molar-refractivity contribution in [3.63, 3.8) is 0 Å². The molecule has 6 rings (SSSR count). The Morgan fingerprint density at radius 3 is 2.10 bits per heavy atom. The van der Waals surface area contributed by atoms with Gasteiger partial charge in [0, 0.05) is 18.7 Å². The van der Waals surface area contributed by atoms with Crippen LogP contribution in [0.15, 0.2) is 60.7 Å². The van der Waals surface area contributed by atoms with Crippen molar-refractivity contribution in [3.05, 3.63) is 71.8 Å². The van der Waals surface area contributed by atoms with Crippen LogP contribution in [-0.4, -0.2) is 48.4 Å². The largest absolute Gasteiger partial charge is 0.394 e. The minimum Gasteiger partial charge on any atom is -0.394 e. The van der Waals surface area contributed by atoms with E-state index in [0.29, 0.717) is 6.04 Å². The summed E-state index contributed by atoms with van der Waals surface area (Å²) < 4.78 is 5.90. The van der Waals surface area contributed by atoms with Crippen LogP contribution in [0.1, 0.15) is 108 Å². The third kappa shape index (κ3) is 8.91. The molecule has 2 aromatic rings. The van der Waals surface area contributed by atoms with E-state index in [-0.39, 0.29) is 12.6 Å². The lowest BCUT2D eigenvalue weighted by molar-refractivity contribution is 0.0641. The molecule has 2 aliphatic carbocycles. The second-order valence-corrected chi connectivity index (χ2v) is 13.7. The molecule has 0 amide bonds. The van der Waals surface area contributed by atoms with E-state index < -0.39 is 0 Å². The highest BCUT2D eigenvalue weighted by atomic mass is 16.5. The van der Waals surface area contributed by atoms with E-state index in [1.165, 1.54) is 101 Å². The van der Waals surface area contributed by atoms with Crippen molar-refractivity contribution in [2.75, 3.05) is 26.3 Å². The van der Waals surface area contributed by atoms with Crippen LogP contribution in [0.3, 0.4) is 0 Å². The summed E-state index contributed by atoms with van der Waals surface area (Å²) in [5.41, 5.74) is 2.57. The topological polar surface area (TPSA) is 44.7 Å². The van der Waals surface area contributed by atoms with Gasteiger partial charge in [-0.15, -0.1) is 0 Å². The van der Waals surface area contributed by atoms with Crippen LogP contribution in [0.5, 0.6) is 0 Å². The highest BCUT2D eigenvalue weighted by Crippen LogP contribution is 2.40. The molecular formula is C38H58N2O2. The molecule has 4 fully saturated rings. The maximum atomic E-state index is 9.99. The maximum absolute atomic E-state index is 9.99. The summed E-state index contributed by atoms with van der Waals surface area (Å²) in [4.78, 5) is 2.62. The summed E-state index contributed by atoms with van der Waals surface area (Å²) in [6.45, 7) is 6.68. The number of hydrogen-bond acceptors (Lipinski definition) is 4. The highest BCUT2D eigenvalue weighted by Gasteiger charge is 2.37. The third-order valence-electron chi connectivity index (χ3n) is 11.1. The number of hydrogen-bond donors (Lipinski definition) is 2. The standard InChI is InChI=1S/C20H31NO.C18H27NO/c1-2-16-10-12-18(13-11-16)19-9-6-14-21(19)20(15-22)17-7-4-3-5-8-17;1-2-5-15(6-3-1)13-20-14-16-8-10-17(11-9-16)18-7-4-12-19-18/h3-5,7-8,16,18-20,22H,2,6,9-15H2,1H3;1-3,5-6,16-19H,4,7-14H2/t16?,18?,19-,20-;16?,17?,18-/m11/s1. The van der Waals surface area contributed by atoms with Crippen molar-refractivity contribution < 1.29 is 9.84 Å². The van der Waals surface area contributed by atoms with E-state index >= 15 is 0 Å². The molecule has 4 aliphatic rings. The van der Waals surface area contributed by atoms with Crippen molar-refractivity contribution in [3.8, 4) is 0 Å². The first kappa shape index (κ1) is 31.7. The van der Waals surface area contributed by atoms with E-state index in [9.17, 15) is 5.11 Å². The van der Waals surface area contributed by atoms with Crippen molar-refractivity contribution in [1.29, 1.82) is 0 Å². The molecule has 0 aromatic heterocycles. The van der Waals surface area contributed by atoms with Crippen LogP contribution < -0.4 is 5.32 Å². The Morgan fingerprint density at radius 1 is 0.786 bits per heavy atom. The lowest BCUT2D eigenvalue weighted by Gasteiger charge is -2.39. The minimum absolute atomic E-state index is 0.192. The summed E-state index contributed by atoms with van der Waals surface area (Å²) in [7, 11) is 0. The van der Waals surface area contributed by atoms with E-state index in [1.807, 2.05) is 0 Å². The number of likely N-dealkylation sites (tertiary alicyclic amines) is 1. The quantitative estimate of drug-likeness (QED) is 0.300.